The number of alkyl halides is 3. The third kappa shape index (κ3) is 4.90. The van der Waals surface area contributed by atoms with Crippen LogP contribution in [0.3, 0.4) is 0 Å². The van der Waals surface area contributed by atoms with Gasteiger partial charge in [0.15, 0.2) is 0 Å². The van der Waals surface area contributed by atoms with Crippen molar-refractivity contribution in [3.8, 4) is 11.1 Å². The topological polar surface area (TPSA) is 53.4 Å². The highest BCUT2D eigenvalue weighted by atomic mass is 35.5. The first-order chi connectivity index (χ1) is 19.3. The number of piperazine rings is 1. The maximum Gasteiger partial charge on any atom is 0.417 e. The molecule has 220 valence electrons. The van der Waals surface area contributed by atoms with E-state index in [0.717, 1.165) is 18.7 Å². The van der Waals surface area contributed by atoms with Gasteiger partial charge in [-0.05, 0) is 32.5 Å². The van der Waals surface area contributed by atoms with Crippen LogP contribution < -0.4 is 15.9 Å². The van der Waals surface area contributed by atoms with Crippen LogP contribution in [0.25, 0.3) is 22.0 Å². The number of nitrogens with one attached hydrogen (secondary N) is 1. The molecule has 1 spiro atoms. The summed E-state index contributed by atoms with van der Waals surface area (Å²) in [6.07, 6.45) is -4.89. The van der Waals surface area contributed by atoms with E-state index in [2.05, 4.69) is 15.2 Å². The van der Waals surface area contributed by atoms with E-state index < -0.39 is 45.2 Å². The van der Waals surface area contributed by atoms with Gasteiger partial charge in [0.05, 0.1) is 16.1 Å². The zero-order chi connectivity index (χ0) is 29.4. The van der Waals surface area contributed by atoms with E-state index in [1.54, 1.807) is 0 Å². The molecular formula is C28H29ClF5N5OS. The molecule has 0 saturated carbocycles. The molecule has 1 N–H and O–H groups in total. The highest BCUT2D eigenvalue weighted by Crippen LogP contribution is 2.52. The fraction of sp³-hybridized carbons (Fsp3) is 0.500. The van der Waals surface area contributed by atoms with Crippen molar-refractivity contribution >= 4 is 40.1 Å². The molecule has 41 heavy (non-hydrogen) atoms. The molecular weight excluding hydrogens is 585 g/mol. The molecule has 3 aliphatic heterocycles. The van der Waals surface area contributed by atoms with Gasteiger partial charge in [-0.15, -0.1) is 11.8 Å². The van der Waals surface area contributed by atoms with E-state index in [-0.39, 0.29) is 40.1 Å². The van der Waals surface area contributed by atoms with Gasteiger partial charge < -0.3 is 15.1 Å². The number of hydrogen-bond donors (Lipinski definition) is 1. The first-order valence-corrected chi connectivity index (χ1v) is 14.9. The maximum atomic E-state index is 15.3. The Morgan fingerprint density at radius 2 is 1.78 bits per heavy atom. The van der Waals surface area contributed by atoms with Crippen molar-refractivity contribution in [2.24, 2.45) is 5.41 Å². The Kier molecular flexibility index (Phi) is 7.07. The molecule has 13 heteroatoms. The molecule has 2 fully saturated rings. The molecule has 0 amide bonds. The van der Waals surface area contributed by atoms with Crippen LogP contribution >= 0.6 is 23.4 Å². The molecule has 0 radical (unpaired) electrons. The fourth-order valence-electron chi connectivity index (χ4n) is 6.55. The lowest BCUT2D eigenvalue weighted by Crippen LogP contribution is -2.59. The van der Waals surface area contributed by atoms with Gasteiger partial charge in [-0.25, -0.2) is 13.6 Å². The molecule has 6 nitrogen and oxygen atoms in total. The minimum atomic E-state index is -4.89. The van der Waals surface area contributed by atoms with Gasteiger partial charge in [0.1, 0.15) is 17.5 Å². The summed E-state index contributed by atoms with van der Waals surface area (Å²) in [7, 11) is 0. The summed E-state index contributed by atoms with van der Waals surface area (Å²) in [5, 5.41) is 3.08. The second kappa shape index (κ2) is 10.1. The molecule has 0 bridgehead atoms. The van der Waals surface area contributed by atoms with Crippen LogP contribution in [0.15, 0.2) is 27.9 Å². The summed E-state index contributed by atoms with van der Waals surface area (Å²) in [4.78, 5) is 22.3. The fourth-order valence-corrected chi connectivity index (χ4v) is 8.16. The maximum absolute atomic E-state index is 15.3. The number of hydrogen-bond acceptors (Lipinski definition) is 6. The Bertz CT molecular complexity index is 1600. The van der Waals surface area contributed by atoms with Crippen molar-refractivity contribution in [1.29, 1.82) is 0 Å². The lowest BCUT2D eigenvalue weighted by molar-refractivity contribution is -0.137. The van der Waals surface area contributed by atoms with Crippen molar-refractivity contribution in [3.05, 3.63) is 50.9 Å². The molecule has 1 aromatic heterocycles. The molecule has 0 aliphatic carbocycles. The molecule has 2 saturated heterocycles. The van der Waals surface area contributed by atoms with Crippen LogP contribution in [0.1, 0.15) is 26.3 Å². The third-order valence-corrected chi connectivity index (χ3v) is 9.95. The van der Waals surface area contributed by atoms with E-state index in [1.807, 2.05) is 25.7 Å². The predicted molar refractivity (Wildman–Crippen MR) is 151 cm³/mol. The Hall–Kier alpha value is -2.41. The van der Waals surface area contributed by atoms with Crippen molar-refractivity contribution < 1.29 is 22.0 Å². The Morgan fingerprint density at radius 3 is 2.41 bits per heavy atom. The summed E-state index contributed by atoms with van der Waals surface area (Å²) >= 11 is 7.15. The zero-order valence-corrected chi connectivity index (χ0v) is 24.3. The molecule has 0 unspecified atom stereocenters. The first-order valence-electron chi connectivity index (χ1n) is 13.5. The van der Waals surface area contributed by atoms with E-state index >= 15 is 4.39 Å². The average molecular weight is 614 g/mol. The van der Waals surface area contributed by atoms with Crippen molar-refractivity contribution in [1.82, 2.24) is 19.8 Å². The number of aromatic nitrogens is 2. The highest BCUT2D eigenvalue weighted by molar-refractivity contribution is 7.99. The minimum absolute atomic E-state index is 0.0117. The minimum Gasteiger partial charge on any atom is -0.353 e. The zero-order valence-electron chi connectivity index (χ0n) is 22.7. The standard InChI is InChI=1S/C28H29ClF5N5OS/c1-4-37-10-27(11-37)12-39-23-17(25(36-26(39)40)38-8-14(2)35-15(3)9-38)5-18(28(32,33)34)22(24(23)41-13-27)16-6-19(29)21(31)7-20(16)30/h5-7,14-15,35H,4,8-13H2,1-3H3/t14-,15+. The van der Waals surface area contributed by atoms with E-state index in [9.17, 15) is 22.4 Å². The van der Waals surface area contributed by atoms with Crippen molar-refractivity contribution in [2.45, 2.75) is 50.5 Å². The van der Waals surface area contributed by atoms with E-state index in [1.165, 1.54) is 16.3 Å². The molecule has 6 rings (SSSR count). The van der Waals surface area contributed by atoms with Gasteiger partial charge >= 0.3 is 11.9 Å². The SMILES string of the molecule is CCN1CC2(CSc3c(-c4cc(Cl)c(F)cc4F)c(C(F)(F)F)cc4c(N5C[C@@H](C)N[C@@H](C)C5)nc(=O)n(c34)C2)C1. The third-order valence-electron chi connectivity index (χ3n) is 8.22. The van der Waals surface area contributed by atoms with Crippen LogP contribution in [0.2, 0.25) is 5.02 Å². The van der Waals surface area contributed by atoms with Gasteiger partial charge in [-0.2, -0.15) is 18.2 Å². The van der Waals surface area contributed by atoms with Crippen LogP contribution in [0.4, 0.5) is 27.8 Å². The lowest BCUT2D eigenvalue weighted by atomic mass is 9.81. The number of anilines is 1. The Labute approximate surface area is 242 Å². The molecule has 3 aliphatic rings. The number of benzene rings is 2. The quantitative estimate of drug-likeness (QED) is 0.305. The number of rotatable bonds is 3. The molecule has 3 aromatic rings. The van der Waals surface area contributed by atoms with Gasteiger partial charge in [-0.3, -0.25) is 4.57 Å². The van der Waals surface area contributed by atoms with Gasteiger partial charge in [0.2, 0.25) is 0 Å². The highest BCUT2D eigenvalue weighted by Gasteiger charge is 2.46. The van der Waals surface area contributed by atoms with Crippen LogP contribution in [-0.4, -0.2) is 65.0 Å². The van der Waals surface area contributed by atoms with Gasteiger partial charge in [-0.1, -0.05) is 18.5 Å². The first kappa shape index (κ1) is 28.7. The average Bonchev–Trinajstić information content (AvgIpc) is 3.05. The van der Waals surface area contributed by atoms with Crippen molar-refractivity contribution in [3.63, 3.8) is 0 Å². The van der Waals surface area contributed by atoms with Crippen LogP contribution in [-0.2, 0) is 12.7 Å². The number of likely N-dealkylation sites (tertiary alicyclic amines) is 1. The smallest absolute Gasteiger partial charge is 0.353 e. The largest absolute Gasteiger partial charge is 0.417 e. The lowest BCUT2D eigenvalue weighted by Gasteiger charge is -2.49. The summed E-state index contributed by atoms with van der Waals surface area (Å²) in [5.74, 6) is -1.64. The normalized spacial score (nSPS) is 22.7. The van der Waals surface area contributed by atoms with Crippen LogP contribution in [0, 0.1) is 17.0 Å². The number of thioether (sulfide) groups is 1. The second-order valence-corrected chi connectivity index (χ2v) is 12.9. The summed E-state index contributed by atoms with van der Waals surface area (Å²) < 4.78 is 75.5. The van der Waals surface area contributed by atoms with Crippen molar-refractivity contribution in [2.75, 3.05) is 43.4 Å². The molecule has 2 atom stereocenters. The molecule has 2 aromatic carbocycles. The predicted octanol–water partition coefficient (Wildman–Crippen LogP) is 5.63. The van der Waals surface area contributed by atoms with Gasteiger partial charge in [0, 0.05) is 83.5 Å². The monoisotopic (exact) mass is 613 g/mol. The van der Waals surface area contributed by atoms with E-state index in [0.29, 0.717) is 43.5 Å². The number of halogens is 6. The number of nitrogens with zero attached hydrogens (tertiary/aromatic N) is 4. The summed E-state index contributed by atoms with van der Waals surface area (Å²) in [6.45, 7) is 9.26. The molecule has 4 heterocycles. The summed E-state index contributed by atoms with van der Waals surface area (Å²) in [5.41, 5.74) is -2.63. The Morgan fingerprint density at radius 1 is 1.10 bits per heavy atom. The van der Waals surface area contributed by atoms with Crippen LogP contribution in [0.5, 0.6) is 0 Å². The van der Waals surface area contributed by atoms with Gasteiger partial charge in [0.25, 0.3) is 0 Å². The second-order valence-electron chi connectivity index (χ2n) is 11.5. The van der Waals surface area contributed by atoms with E-state index in [4.69, 9.17) is 11.6 Å². The Balaban J connectivity index is 1.70. The summed E-state index contributed by atoms with van der Waals surface area (Å²) in [6, 6.07) is 2.39.